The second-order valence-electron chi connectivity index (χ2n) is 0.529. The Morgan fingerprint density at radius 3 is 1.12 bits per heavy atom. The van der Waals surface area contributed by atoms with E-state index in [1.165, 1.54) is 0 Å². The van der Waals surface area contributed by atoms with Crippen LogP contribution in [0.3, 0.4) is 0 Å². The Kier molecular flexibility index (Phi) is 8.17. The molecule has 0 radical (unpaired) electrons. The van der Waals surface area contributed by atoms with Crippen LogP contribution in [0, 0.1) is 0 Å². The zero-order valence-electron chi connectivity index (χ0n) is 3.44. The van der Waals surface area contributed by atoms with Crippen LogP contribution in [-0.2, 0) is 52.3 Å². The van der Waals surface area contributed by atoms with Gasteiger partial charge in [0.05, 0.1) is 0 Å². The van der Waals surface area contributed by atoms with E-state index >= 15 is 0 Å². The van der Waals surface area contributed by atoms with Crippen LogP contribution in [0.5, 0.6) is 0 Å². The average molecular weight is 460 g/mol. The van der Waals surface area contributed by atoms with Crippen molar-refractivity contribution in [3.8, 4) is 0 Å². The van der Waals surface area contributed by atoms with Gasteiger partial charge in [0.2, 0.25) is 0 Å². The van der Waals surface area contributed by atoms with Crippen LogP contribution in [0.1, 0.15) is 0 Å². The van der Waals surface area contributed by atoms with E-state index in [4.69, 9.17) is 0 Å². The Labute approximate surface area is 57.7 Å². The first-order valence-electron chi connectivity index (χ1n) is 1.10. The predicted molar refractivity (Wildman–Crippen MR) is 7.44 cm³/mol. The summed E-state index contributed by atoms with van der Waals surface area (Å²) in [6.45, 7) is 0. The van der Waals surface area contributed by atoms with Gasteiger partial charge in [0, 0.05) is 0 Å². The monoisotopic (exact) mass is 460 g/mol. The average Bonchev–Trinajstić information content (AvgIpc) is 1.27. The van der Waals surface area contributed by atoms with Gasteiger partial charge in [-0.3, -0.25) is 0 Å². The van der Waals surface area contributed by atoms with Gasteiger partial charge in [-0.1, -0.05) is 0 Å². The quantitative estimate of drug-likeness (QED) is 0.506. The molecule has 0 aliphatic rings. The molecule has 0 heterocycles. The molecular weight excluding hydrogens is 458 g/mol. The summed E-state index contributed by atoms with van der Waals surface area (Å²) in [4.78, 5) is 0. The minimum atomic E-state index is -4.28. The first-order valence-corrected chi connectivity index (χ1v) is 8.97. The van der Waals surface area contributed by atoms with Crippen molar-refractivity contribution < 1.29 is 57.8 Å². The second kappa shape index (κ2) is 5.73. The van der Waals surface area contributed by atoms with Crippen LogP contribution in [0.25, 0.3) is 0 Å². The third kappa shape index (κ3) is 9.78. The third-order valence-corrected chi connectivity index (χ3v) is 8.93. The summed E-state index contributed by atoms with van der Waals surface area (Å²) in [6, 6.07) is 0. The number of hydrogen-bond donors (Lipinski definition) is 0. The van der Waals surface area contributed by atoms with Crippen molar-refractivity contribution in [1.29, 1.82) is 0 Å². The summed E-state index contributed by atoms with van der Waals surface area (Å²) in [5.41, 5.74) is 0. The maximum absolute atomic E-state index is 9.41. The molecule has 0 amide bonds. The summed E-state index contributed by atoms with van der Waals surface area (Å²) in [5.74, 6) is 0. The van der Waals surface area contributed by atoms with E-state index in [1.807, 2.05) is 0 Å². The summed E-state index contributed by atoms with van der Waals surface area (Å²) in [7, 11) is 0. The molecule has 0 aliphatic carbocycles. The van der Waals surface area contributed by atoms with Crippen molar-refractivity contribution in [3.05, 3.63) is 0 Å². The van der Waals surface area contributed by atoms with Gasteiger partial charge in [-0.25, -0.2) is 0 Å². The van der Waals surface area contributed by atoms with Crippen LogP contribution in [0.15, 0.2) is 0 Å². The zero-order valence-corrected chi connectivity index (χ0v) is 9.86. The summed E-state index contributed by atoms with van der Waals surface area (Å²) in [6.07, 6.45) is 0. The molecule has 0 spiro atoms. The molecule has 0 fully saturated rings. The van der Waals surface area contributed by atoms with Gasteiger partial charge < -0.3 is 5.48 Å². The van der Waals surface area contributed by atoms with E-state index < -0.39 is 37.6 Å². The maximum atomic E-state index is 9.41. The molecule has 8 heteroatoms. The molecule has 0 aromatic rings. The summed E-state index contributed by atoms with van der Waals surface area (Å²) < 4.78 is 41.1. The van der Waals surface area contributed by atoms with E-state index in [0.717, 1.165) is 0 Å². The van der Waals surface area contributed by atoms with Crippen molar-refractivity contribution in [2.24, 2.45) is 0 Å². The molecule has 0 rings (SSSR count). The van der Waals surface area contributed by atoms with Crippen molar-refractivity contribution in [3.63, 3.8) is 0 Å². The van der Waals surface area contributed by atoms with Gasteiger partial charge >= 0.3 is 52.3 Å². The Bertz CT molecular complexity index is 135. The zero-order chi connectivity index (χ0) is 5.86. The Morgan fingerprint density at radius 2 is 1.12 bits per heavy atom. The molecule has 2 N–H and O–H groups in total. The molecule has 0 bridgehead atoms. The Morgan fingerprint density at radius 1 is 0.875 bits per heavy atom. The third-order valence-electron chi connectivity index (χ3n) is 0.133. The number of rotatable bonds is 2. The van der Waals surface area contributed by atoms with Crippen molar-refractivity contribution >= 4 is 0 Å². The topological polar surface area (TPSA) is 109 Å². The fraction of sp³-hybridized carbons (Fsp3) is 0. The molecular formula is H2O6Ta2. The summed E-state index contributed by atoms with van der Waals surface area (Å²) in [5, 5.41) is 0. The fourth-order valence-electron chi connectivity index (χ4n) is 0.0544. The van der Waals surface area contributed by atoms with Gasteiger partial charge in [0.15, 0.2) is 0 Å². The molecule has 0 saturated heterocycles. The molecule has 48 valence electrons. The van der Waals surface area contributed by atoms with Crippen LogP contribution in [0.2, 0.25) is 0 Å². The summed E-state index contributed by atoms with van der Waals surface area (Å²) >= 11 is -8.56. The predicted octanol–water partition coefficient (Wildman–Crippen LogP) is -1.37. The molecule has 0 saturated carbocycles. The first kappa shape index (κ1) is 11.4. The van der Waals surface area contributed by atoms with Crippen LogP contribution < -0.4 is 0 Å². The molecule has 0 aliphatic heterocycles. The molecule has 8 heavy (non-hydrogen) atoms. The van der Waals surface area contributed by atoms with E-state index in [2.05, 4.69) is 1.75 Å². The number of hydrogen-bond acceptors (Lipinski definition) is 5. The minimum absolute atomic E-state index is 0. The second-order valence-corrected chi connectivity index (χ2v) is 9.13. The van der Waals surface area contributed by atoms with Crippen molar-refractivity contribution in [2.45, 2.75) is 0 Å². The standard InChI is InChI=1S/H2O.5O.2Ta/h1H2;;;;;;;. The SMILES string of the molecule is O.[O]=[Ta](=[O])[O][Ta](=[O])=[O]. The van der Waals surface area contributed by atoms with E-state index in [1.54, 1.807) is 0 Å². The van der Waals surface area contributed by atoms with E-state index in [9.17, 15) is 13.0 Å². The first-order chi connectivity index (χ1) is 3.13. The molecule has 0 aromatic carbocycles. The fourth-order valence-corrected chi connectivity index (χ4v) is 3.65. The molecule has 0 unspecified atom stereocenters. The normalized spacial score (nSPS) is 7.00. The molecule has 0 aromatic heterocycles. The van der Waals surface area contributed by atoms with Gasteiger partial charge in [0.25, 0.3) is 0 Å². The van der Waals surface area contributed by atoms with Crippen LogP contribution >= 0.6 is 0 Å². The van der Waals surface area contributed by atoms with Gasteiger partial charge in [-0.2, -0.15) is 0 Å². The Hall–Kier alpha value is 0.601. The van der Waals surface area contributed by atoms with Gasteiger partial charge in [-0.05, 0) is 0 Å². The van der Waals surface area contributed by atoms with Crippen LogP contribution in [0.4, 0.5) is 0 Å². The van der Waals surface area contributed by atoms with Crippen molar-refractivity contribution in [1.82, 2.24) is 0 Å². The van der Waals surface area contributed by atoms with E-state index in [0.29, 0.717) is 0 Å². The Balaban J connectivity index is 0. The van der Waals surface area contributed by atoms with Crippen molar-refractivity contribution in [2.75, 3.05) is 0 Å². The molecule has 0 atom stereocenters. The molecule has 6 nitrogen and oxygen atoms in total. The van der Waals surface area contributed by atoms with E-state index in [-0.39, 0.29) is 5.48 Å². The van der Waals surface area contributed by atoms with Gasteiger partial charge in [-0.15, -0.1) is 0 Å². The van der Waals surface area contributed by atoms with Crippen LogP contribution in [-0.4, -0.2) is 5.48 Å². The van der Waals surface area contributed by atoms with Gasteiger partial charge in [0.1, 0.15) is 0 Å².